The molecule has 3 rings (SSSR count). The number of hydrogen-bond acceptors (Lipinski definition) is 4. The zero-order valence-electron chi connectivity index (χ0n) is 15.5. The fraction of sp³-hybridized carbons (Fsp3) is 0.190. The van der Waals surface area contributed by atoms with Crippen molar-refractivity contribution < 1.29 is 4.79 Å². The molecule has 0 aliphatic heterocycles. The maximum atomic E-state index is 12.2. The molecule has 1 heterocycles. The van der Waals surface area contributed by atoms with Crippen LogP contribution in [-0.2, 0) is 11.3 Å². The van der Waals surface area contributed by atoms with Crippen LogP contribution in [-0.4, -0.2) is 32.5 Å². The number of hydrogen-bond donors (Lipinski definition) is 1. The van der Waals surface area contributed by atoms with Gasteiger partial charge in [0.15, 0.2) is 11.0 Å². The lowest BCUT2D eigenvalue weighted by atomic mass is 10.2. The molecule has 1 amide bonds. The highest BCUT2D eigenvalue weighted by Gasteiger charge is 2.21. The molecule has 144 valence electrons. The zero-order valence-corrected chi connectivity index (χ0v) is 17.1. The molecule has 0 fully saturated rings. The van der Waals surface area contributed by atoms with Crippen molar-refractivity contribution >= 4 is 29.3 Å². The standard InChI is InChI=1S/C21H21ClN4OS/c1-3-13-23-20(27)15(2)28-21-25-24-19(17-11-7-8-12-18(17)22)26(21)14-16-9-5-4-6-10-16/h3-12,15H,1,13-14H2,2H3,(H,23,27)/t15-/m0/s1. The Morgan fingerprint density at radius 2 is 1.93 bits per heavy atom. The number of nitrogens with zero attached hydrogens (tertiary/aromatic N) is 3. The van der Waals surface area contributed by atoms with Crippen molar-refractivity contribution in [3.8, 4) is 11.4 Å². The Bertz CT molecular complexity index is 958. The van der Waals surface area contributed by atoms with E-state index in [1.165, 1.54) is 11.8 Å². The molecule has 1 N–H and O–H groups in total. The maximum Gasteiger partial charge on any atom is 0.233 e. The lowest BCUT2D eigenvalue weighted by molar-refractivity contribution is -0.120. The average Bonchev–Trinajstić information content (AvgIpc) is 3.09. The van der Waals surface area contributed by atoms with Crippen LogP contribution in [0.25, 0.3) is 11.4 Å². The predicted octanol–water partition coefficient (Wildman–Crippen LogP) is 4.43. The van der Waals surface area contributed by atoms with Crippen molar-refractivity contribution in [1.82, 2.24) is 20.1 Å². The van der Waals surface area contributed by atoms with Crippen molar-refractivity contribution in [1.29, 1.82) is 0 Å². The van der Waals surface area contributed by atoms with Crippen LogP contribution < -0.4 is 5.32 Å². The monoisotopic (exact) mass is 412 g/mol. The van der Waals surface area contributed by atoms with Gasteiger partial charge in [-0.15, -0.1) is 16.8 Å². The molecule has 5 nitrogen and oxygen atoms in total. The van der Waals surface area contributed by atoms with E-state index >= 15 is 0 Å². The molecule has 0 unspecified atom stereocenters. The quantitative estimate of drug-likeness (QED) is 0.439. The van der Waals surface area contributed by atoms with Crippen LogP contribution in [0.5, 0.6) is 0 Å². The summed E-state index contributed by atoms with van der Waals surface area (Å²) in [5.41, 5.74) is 1.92. The minimum atomic E-state index is -0.322. The first-order valence-corrected chi connectivity index (χ1v) is 10.1. The van der Waals surface area contributed by atoms with Gasteiger partial charge in [-0.25, -0.2) is 0 Å². The summed E-state index contributed by atoms with van der Waals surface area (Å²) in [6.45, 7) is 6.49. The van der Waals surface area contributed by atoms with E-state index in [4.69, 9.17) is 11.6 Å². The molecule has 1 aromatic heterocycles. The Morgan fingerprint density at radius 1 is 1.21 bits per heavy atom. The number of carbonyl (C=O) groups is 1. The highest BCUT2D eigenvalue weighted by Crippen LogP contribution is 2.31. The summed E-state index contributed by atoms with van der Waals surface area (Å²) >= 11 is 7.76. The highest BCUT2D eigenvalue weighted by atomic mass is 35.5. The fourth-order valence-corrected chi connectivity index (χ4v) is 3.75. The third-order valence-electron chi connectivity index (χ3n) is 4.09. The molecule has 0 spiro atoms. The van der Waals surface area contributed by atoms with Gasteiger partial charge in [0.05, 0.1) is 16.8 Å². The van der Waals surface area contributed by atoms with Crippen molar-refractivity contribution in [3.63, 3.8) is 0 Å². The van der Waals surface area contributed by atoms with Gasteiger partial charge >= 0.3 is 0 Å². The lowest BCUT2D eigenvalue weighted by Crippen LogP contribution is -2.31. The SMILES string of the molecule is C=CCNC(=O)[C@H](C)Sc1nnc(-c2ccccc2Cl)n1Cc1ccccc1. The van der Waals surface area contributed by atoms with Gasteiger partial charge in [-0.05, 0) is 24.6 Å². The van der Waals surface area contributed by atoms with E-state index in [1.807, 2.05) is 66.1 Å². The van der Waals surface area contributed by atoms with Gasteiger partial charge in [-0.3, -0.25) is 9.36 Å². The minimum Gasteiger partial charge on any atom is -0.352 e. The van der Waals surface area contributed by atoms with Gasteiger partial charge in [0.1, 0.15) is 0 Å². The largest absolute Gasteiger partial charge is 0.352 e. The molecule has 0 aliphatic rings. The Hall–Kier alpha value is -2.57. The molecule has 3 aromatic rings. The van der Waals surface area contributed by atoms with Crippen molar-refractivity contribution in [2.24, 2.45) is 0 Å². The van der Waals surface area contributed by atoms with Crippen molar-refractivity contribution in [2.75, 3.05) is 6.54 Å². The van der Waals surface area contributed by atoms with E-state index in [9.17, 15) is 4.79 Å². The molecule has 0 bridgehead atoms. The maximum absolute atomic E-state index is 12.2. The first-order valence-electron chi connectivity index (χ1n) is 8.87. The summed E-state index contributed by atoms with van der Waals surface area (Å²) in [6, 6.07) is 17.6. The predicted molar refractivity (Wildman–Crippen MR) is 115 cm³/mol. The Balaban J connectivity index is 1.95. The molecule has 1 atom stereocenters. The number of thioether (sulfide) groups is 1. The van der Waals surface area contributed by atoms with Crippen molar-refractivity contribution in [2.45, 2.75) is 23.9 Å². The topological polar surface area (TPSA) is 59.8 Å². The van der Waals surface area contributed by atoms with Gasteiger partial charge in [0.2, 0.25) is 5.91 Å². The van der Waals surface area contributed by atoms with Crippen LogP contribution in [0, 0.1) is 0 Å². The van der Waals surface area contributed by atoms with Gasteiger partial charge in [-0.1, -0.05) is 71.9 Å². The van der Waals surface area contributed by atoms with E-state index < -0.39 is 0 Å². The van der Waals surface area contributed by atoms with Crippen LogP contribution in [0.4, 0.5) is 0 Å². The van der Waals surface area contributed by atoms with E-state index in [0.717, 1.165) is 11.1 Å². The van der Waals surface area contributed by atoms with E-state index in [-0.39, 0.29) is 11.2 Å². The molecule has 0 saturated carbocycles. The normalized spacial score (nSPS) is 11.8. The van der Waals surface area contributed by atoms with Gasteiger partial charge in [0, 0.05) is 12.1 Å². The Morgan fingerprint density at radius 3 is 2.64 bits per heavy atom. The fourth-order valence-electron chi connectivity index (χ4n) is 2.65. The summed E-state index contributed by atoms with van der Waals surface area (Å²) in [7, 11) is 0. The van der Waals surface area contributed by atoms with Crippen molar-refractivity contribution in [3.05, 3.63) is 77.8 Å². The molecule has 0 radical (unpaired) electrons. The van der Waals surface area contributed by atoms with E-state index in [1.54, 1.807) is 6.08 Å². The van der Waals surface area contributed by atoms with Crippen LogP contribution in [0.2, 0.25) is 5.02 Å². The molecule has 0 aliphatic carbocycles. The van der Waals surface area contributed by atoms with Crippen LogP contribution >= 0.6 is 23.4 Å². The summed E-state index contributed by atoms with van der Waals surface area (Å²) in [5, 5.41) is 12.5. The van der Waals surface area contributed by atoms with E-state index in [2.05, 4.69) is 22.1 Å². The number of rotatable bonds is 8. The third-order valence-corrected chi connectivity index (χ3v) is 5.50. The second-order valence-corrected chi connectivity index (χ2v) is 7.87. The Labute approximate surface area is 173 Å². The zero-order chi connectivity index (χ0) is 19.9. The summed E-state index contributed by atoms with van der Waals surface area (Å²) in [5.74, 6) is 0.606. The molecule has 28 heavy (non-hydrogen) atoms. The van der Waals surface area contributed by atoms with Gasteiger partial charge in [0.25, 0.3) is 0 Å². The molecule has 0 saturated heterocycles. The van der Waals surface area contributed by atoms with E-state index in [0.29, 0.717) is 29.1 Å². The van der Waals surface area contributed by atoms with Crippen LogP contribution in [0.15, 0.2) is 72.4 Å². The average molecular weight is 413 g/mol. The number of aromatic nitrogens is 3. The first kappa shape index (κ1) is 20.2. The Kier molecular flexibility index (Phi) is 6.90. The third kappa shape index (κ3) is 4.82. The molecule has 2 aromatic carbocycles. The minimum absolute atomic E-state index is 0.0709. The number of amides is 1. The van der Waals surface area contributed by atoms with Crippen LogP contribution in [0.1, 0.15) is 12.5 Å². The number of nitrogens with one attached hydrogen (secondary N) is 1. The lowest BCUT2D eigenvalue weighted by Gasteiger charge is -2.14. The number of benzene rings is 2. The summed E-state index contributed by atoms with van der Waals surface area (Å²) in [4.78, 5) is 12.2. The number of carbonyl (C=O) groups excluding carboxylic acids is 1. The smallest absolute Gasteiger partial charge is 0.233 e. The highest BCUT2D eigenvalue weighted by molar-refractivity contribution is 8.00. The van der Waals surface area contributed by atoms with Crippen LogP contribution in [0.3, 0.4) is 0 Å². The molecule has 7 heteroatoms. The molecular formula is C21H21ClN4OS. The van der Waals surface area contributed by atoms with Gasteiger partial charge < -0.3 is 5.32 Å². The second kappa shape index (κ2) is 9.57. The number of halogens is 1. The second-order valence-electron chi connectivity index (χ2n) is 6.15. The van der Waals surface area contributed by atoms with Gasteiger partial charge in [-0.2, -0.15) is 0 Å². The molecular weight excluding hydrogens is 392 g/mol. The summed E-state index contributed by atoms with van der Waals surface area (Å²) in [6.07, 6.45) is 1.66. The first-order chi connectivity index (χ1) is 13.6. The summed E-state index contributed by atoms with van der Waals surface area (Å²) < 4.78 is 2.00.